The van der Waals surface area contributed by atoms with Crippen LogP contribution >= 0.6 is 22.7 Å². The van der Waals surface area contributed by atoms with Gasteiger partial charge in [0.15, 0.2) is 11.2 Å². The maximum atomic E-state index is 6.52. The van der Waals surface area contributed by atoms with Crippen LogP contribution in [0.4, 0.5) is 0 Å². The first kappa shape index (κ1) is 48.1. The molecule has 6 heterocycles. The fraction of sp³-hybridized carbons (Fsp3) is 0. The van der Waals surface area contributed by atoms with Crippen molar-refractivity contribution in [2.45, 2.75) is 0 Å². The topological polar surface area (TPSA) is 77.8 Å². The molecule has 18 aromatic rings. The number of hydrogen-bond donors (Lipinski definition) is 0. The van der Waals surface area contributed by atoms with Gasteiger partial charge in [-0.2, -0.15) is 0 Å². The molecule has 0 amide bonds. The van der Waals surface area contributed by atoms with Gasteiger partial charge in [-0.05, 0) is 109 Å². The summed E-state index contributed by atoms with van der Waals surface area (Å²) in [6.45, 7) is 0. The summed E-state index contributed by atoms with van der Waals surface area (Å²) >= 11 is 3.73. The second-order valence-electron chi connectivity index (χ2n) is 21.2. The average molecular weight is 1110 g/mol. The van der Waals surface area contributed by atoms with Gasteiger partial charge in [-0.1, -0.05) is 206 Å². The quantitative estimate of drug-likeness (QED) is 0.165. The van der Waals surface area contributed by atoms with Gasteiger partial charge in [-0.3, -0.25) is 0 Å². The second kappa shape index (κ2) is 19.5. The van der Waals surface area contributed by atoms with E-state index in [0.717, 1.165) is 93.9 Å². The summed E-state index contributed by atoms with van der Waals surface area (Å²) in [4.78, 5) is 18.7. The summed E-state index contributed by atoms with van der Waals surface area (Å²) in [7, 11) is 0. The highest BCUT2D eigenvalue weighted by molar-refractivity contribution is 7.26. The molecule has 0 saturated carbocycles. The molecule has 392 valence electrons. The number of hydrogen-bond acceptors (Lipinski definition) is 8. The predicted octanol–water partition coefficient (Wildman–Crippen LogP) is 21.8. The lowest BCUT2D eigenvalue weighted by Crippen LogP contribution is -1.88. The molecule has 0 N–H and O–H groups in total. The maximum Gasteiger partial charge on any atom is 0.180 e. The monoisotopic (exact) mass is 1110 g/mol. The van der Waals surface area contributed by atoms with Crippen LogP contribution in [0.15, 0.2) is 276 Å². The Hall–Kier alpha value is -10.6. The van der Waals surface area contributed by atoms with Crippen molar-refractivity contribution < 1.29 is 8.83 Å². The van der Waals surface area contributed by atoms with Crippen LogP contribution < -0.4 is 0 Å². The van der Waals surface area contributed by atoms with Gasteiger partial charge < -0.3 is 8.83 Å². The predicted molar refractivity (Wildman–Crippen MR) is 352 cm³/mol. The van der Waals surface area contributed by atoms with Crippen molar-refractivity contribution in [3.05, 3.63) is 267 Å². The Bertz CT molecular complexity index is 5460. The van der Waals surface area contributed by atoms with Gasteiger partial charge in [-0.25, -0.2) is 19.9 Å². The van der Waals surface area contributed by atoms with Crippen molar-refractivity contribution >= 4 is 129 Å². The standard InChI is InChI=1S/2C38H22N2OS/c1-2-13-28-23(8-1)18-19-32-34(28)36-37(41-32)35(39-22-40-36)27-12-6-10-25(21-27)24-9-5-11-26(20-24)29-15-7-16-31-30-14-3-4-17-33(30)42-38(29)31;1-2-13-28-23(8-1)18-19-32-35-37(41-36(28)32)34(39-22-40-35)27-12-6-10-25(21-27)24-9-5-11-26(20-24)29-15-7-16-31-30-14-3-4-17-33(30)42-38(29)31/h2*1-22H. The minimum Gasteiger partial charge on any atom is -0.452 e. The lowest BCUT2D eigenvalue weighted by Gasteiger charge is -2.09. The van der Waals surface area contributed by atoms with Crippen LogP contribution in [-0.2, 0) is 0 Å². The van der Waals surface area contributed by atoms with Crippen LogP contribution in [0.5, 0.6) is 0 Å². The zero-order valence-corrected chi connectivity index (χ0v) is 46.5. The third-order valence-corrected chi connectivity index (χ3v) is 18.8. The van der Waals surface area contributed by atoms with Gasteiger partial charge in [0, 0.05) is 62.2 Å². The molecule has 18 rings (SSSR count). The first-order valence-corrected chi connectivity index (χ1v) is 29.6. The van der Waals surface area contributed by atoms with Crippen LogP contribution in [0.2, 0.25) is 0 Å². The van der Waals surface area contributed by atoms with E-state index in [9.17, 15) is 0 Å². The van der Waals surface area contributed by atoms with Crippen molar-refractivity contribution in [1.29, 1.82) is 0 Å². The normalized spacial score (nSPS) is 11.8. The highest BCUT2D eigenvalue weighted by Gasteiger charge is 2.20. The van der Waals surface area contributed by atoms with Gasteiger partial charge >= 0.3 is 0 Å². The van der Waals surface area contributed by atoms with Crippen molar-refractivity contribution in [1.82, 2.24) is 19.9 Å². The van der Waals surface area contributed by atoms with Crippen molar-refractivity contribution in [2.24, 2.45) is 0 Å². The van der Waals surface area contributed by atoms with E-state index >= 15 is 0 Å². The van der Waals surface area contributed by atoms with Crippen molar-refractivity contribution in [2.75, 3.05) is 0 Å². The highest BCUT2D eigenvalue weighted by Crippen LogP contribution is 2.44. The molecular formula is C76H44N4O2S2. The number of furan rings is 2. The molecule has 84 heavy (non-hydrogen) atoms. The minimum absolute atomic E-state index is 0.714. The van der Waals surface area contributed by atoms with Crippen molar-refractivity contribution in [3.8, 4) is 67.0 Å². The molecule has 0 bridgehead atoms. The Balaban J connectivity index is 0.000000132. The third kappa shape index (κ3) is 7.91. The molecule has 6 aromatic heterocycles. The van der Waals surface area contributed by atoms with E-state index < -0.39 is 0 Å². The molecule has 12 aromatic carbocycles. The minimum atomic E-state index is 0.714. The Morgan fingerprint density at radius 3 is 1.29 bits per heavy atom. The number of nitrogens with zero attached hydrogens (tertiary/aromatic N) is 4. The molecule has 0 saturated heterocycles. The van der Waals surface area contributed by atoms with Crippen LogP contribution in [-0.4, -0.2) is 19.9 Å². The molecule has 0 aliphatic heterocycles. The van der Waals surface area contributed by atoms with E-state index in [-0.39, 0.29) is 0 Å². The van der Waals surface area contributed by atoms with E-state index in [2.05, 4.69) is 247 Å². The average Bonchev–Trinajstić information content (AvgIpc) is 4.54. The first-order valence-electron chi connectivity index (χ1n) is 28.0. The molecule has 8 heteroatoms. The molecular weight excluding hydrogens is 1060 g/mol. The molecule has 0 radical (unpaired) electrons. The van der Waals surface area contributed by atoms with E-state index in [1.165, 1.54) is 68.0 Å². The summed E-state index contributed by atoms with van der Waals surface area (Å²) in [6, 6.07) is 90.3. The lowest BCUT2D eigenvalue weighted by atomic mass is 9.96. The Labute approximate surface area is 488 Å². The number of rotatable bonds is 6. The molecule has 0 aliphatic rings. The SMILES string of the molecule is c1cc(-c2cccc(-c3cccc4c3sc3ccccc34)c2)cc(-c2ncnc3c2oc2c4ccccc4ccc32)c1.c1cc(-c2cccc(-c3cccc4c3sc3ccccc34)c2)cc(-c2ncnc3c2oc2ccc4ccccc4c23)c1. The highest BCUT2D eigenvalue weighted by atomic mass is 32.1. The summed E-state index contributed by atoms with van der Waals surface area (Å²) in [5, 5.41) is 11.8. The number of fused-ring (bicyclic) bond motifs is 16. The van der Waals surface area contributed by atoms with Crippen LogP contribution in [0.3, 0.4) is 0 Å². The Morgan fingerprint density at radius 2 is 0.702 bits per heavy atom. The van der Waals surface area contributed by atoms with Gasteiger partial charge in [0.2, 0.25) is 0 Å². The Morgan fingerprint density at radius 1 is 0.274 bits per heavy atom. The third-order valence-electron chi connectivity index (χ3n) is 16.4. The summed E-state index contributed by atoms with van der Waals surface area (Å²) < 4.78 is 18.2. The van der Waals surface area contributed by atoms with E-state index in [1.54, 1.807) is 12.7 Å². The molecule has 6 nitrogen and oxygen atoms in total. The van der Waals surface area contributed by atoms with Gasteiger partial charge in [-0.15, -0.1) is 22.7 Å². The largest absolute Gasteiger partial charge is 0.452 e. The lowest BCUT2D eigenvalue weighted by molar-refractivity contribution is 0.667. The van der Waals surface area contributed by atoms with Crippen LogP contribution in [0, 0.1) is 0 Å². The zero-order valence-electron chi connectivity index (χ0n) is 44.8. The number of benzene rings is 12. The van der Waals surface area contributed by atoms with E-state index in [4.69, 9.17) is 18.8 Å². The molecule has 0 unspecified atom stereocenters. The molecule has 0 spiro atoms. The smallest absolute Gasteiger partial charge is 0.180 e. The fourth-order valence-corrected chi connectivity index (χ4v) is 14.9. The second-order valence-corrected chi connectivity index (χ2v) is 23.3. The van der Waals surface area contributed by atoms with Gasteiger partial charge in [0.1, 0.15) is 46.2 Å². The fourth-order valence-electron chi connectivity index (χ4n) is 12.4. The molecule has 0 fully saturated rings. The first-order chi connectivity index (χ1) is 41.6. The van der Waals surface area contributed by atoms with E-state index in [1.807, 2.05) is 40.9 Å². The van der Waals surface area contributed by atoms with Gasteiger partial charge in [0.05, 0.1) is 5.39 Å². The molecule has 0 atom stereocenters. The Kier molecular flexibility index (Phi) is 11.2. The van der Waals surface area contributed by atoms with Gasteiger partial charge in [0.25, 0.3) is 0 Å². The summed E-state index contributed by atoms with van der Waals surface area (Å²) in [5.74, 6) is 0. The number of aromatic nitrogens is 4. The number of thiophene rings is 2. The van der Waals surface area contributed by atoms with Crippen LogP contribution in [0.1, 0.15) is 0 Å². The molecule has 0 aliphatic carbocycles. The maximum absolute atomic E-state index is 6.52. The summed E-state index contributed by atoms with van der Waals surface area (Å²) in [6.07, 6.45) is 3.29. The van der Waals surface area contributed by atoms with Crippen molar-refractivity contribution in [3.63, 3.8) is 0 Å². The zero-order chi connectivity index (χ0) is 55.2. The van der Waals surface area contributed by atoms with E-state index in [0.29, 0.717) is 11.2 Å². The van der Waals surface area contributed by atoms with Crippen LogP contribution in [0.25, 0.3) is 173 Å². The summed E-state index contributed by atoms with van der Waals surface area (Å²) in [5.41, 5.74) is 17.9.